The topological polar surface area (TPSA) is 30.7 Å². The van der Waals surface area contributed by atoms with Crippen molar-refractivity contribution >= 4 is 0 Å². The first-order valence-corrected chi connectivity index (χ1v) is 7.92. The molecule has 116 valence electrons. The average Bonchev–Trinajstić information content (AvgIpc) is 3.05. The maximum atomic E-state index is 4.61. The third-order valence-corrected chi connectivity index (χ3v) is 4.15. The first-order valence-electron chi connectivity index (χ1n) is 7.92. The van der Waals surface area contributed by atoms with E-state index in [4.69, 9.17) is 0 Å². The molecule has 0 unspecified atom stereocenters. The summed E-state index contributed by atoms with van der Waals surface area (Å²) in [5, 5.41) is 0. The van der Waals surface area contributed by atoms with E-state index in [0.29, 0.717) is 0 Å². The molecule has 2 aromatic heterocycles. The monoisotopic (exact) mass is 311 g/mol. The Labute approximate surface area is 141 Å². The average molecular weight is 311 g/mol. The van der Waals surface area contributed by atoms with Crippen molar-refractivity contribution in [3.63, 3.8) is 0 Å². The maximum Gasteiger partial charge on any atom is 0.140 e. The van der Waals surface area contributed by atoms with Gasteiger partial charge in [-0.2, -0.15) is 0 Å². The number of aromatic nitrogens is 3. The van der Waals surface area contributed by atoms with Crippen LogP contribution in [0, 0.1) is 0 Å². The predicted octanol–water partition coefficient (Wildman–Crippen LogP) is 4.82. The maximum absolute atomic E-state index is 4.61. The number of hydrogen-bond acceptors (Lipinski definition) is 2. The molecule has 0 aliphatic heterocycles. The highest BCUT2D eigenvalue weighted by Crippen LogP contribution is 2.26. The first kappa shape index (κ1) is 14.4. The van der Waals surface area contributed by atoms with Gasteiger partial charge in [0.15, 0.2) is 0 Å². The normalized spacial score (nSPS) is 10.7. The molecule has 0 saturated carbocycles. The van der Waals surface area contributed by atoms with Gasteiger partial charge in [0.25, 0.3) is 0 Å². The van der Waals surface area contributed by atoms with E-state index >= 15 is 0 Å². The molecule has 0 bridgehead atoms. The Hall–Kier alpha value is -3.20. The summed E-state index contributed by atoms with van der Waals surface area (Å²) < 4.78 is 2.11. The van der Waals surface area contributed by atoms with E-state index in [9.17, 15) is 0 Å². The Morgan fingerprint density at radius 2 is 1.29 bits per heavy atom. The van der Waals surface area contributed by atoms with Crippen LogP contribution >= 0.6 is 0 Å². The lowest BCUT2D eigenvalue weighted by atomic mass is 10.1. The van der Waals surface area contributed by atoms with Crippen molar-refractivity contribution in [2.45, 2.75) is 0 Å². The van der Waals surface area contributed by atoms with E-state index in [1.165, 1.54) is 0 Å². The van der Waals surface area contributed by atoms with Crippen LogP contribution in [0.3, 0.4) is 0 Å². The molecule has 2 heterocycles. The Morgan fingerprint density at radius 1 is 0.625 bits per heavy atom. The minimum absolute atomic E-state index is 0.956. The van der Waals surface area contributed by atoms with E-state index in [-0.39, 0.29) is 0 Å². The standard InChI is InChI=1S/C21H17N3/c1-24-20(15-23-21(24)17-10-6-3-7-11-17)18-12-13-19(22-14-18)16-8-4-2-5-9-16/h2-15H,1H3. The second-order valence-electron chi connectivity index (χ2n) is 5.69. The summed E-state index contributed by atoms with van der Waals surface area (Å²) >= 11 is 0. The molecule has 0 N–H and O–H groups in total. The van der Waals surface area contributed by atoms with Crippen molar-refractivity contribution in [3.8, 4) is 33.9 Å². The summed E-state index contributed by atoms with van der Waals surface area (Å²) in [6.45, 7) is 0. The van der Waals surface area contributed by atoms with Crippen molar-refractivity contribution in [1.29, 1.82) is 0 Å². The minimum Gasteiger partial charge on any atom is -0.327 e. The van der Waals surface area contributed by atoms with Crippen LogP contribution < -0.4 is 0 Å². The summed E-state index contributed by atoms with van der Waals surface area (Å²) in [5.41, 5.74) is 5.33. The summed E-state index contributed by atoms with van der Waals surface area (Å²) in [5.74, 6) is 0.956. The van der Waals surface area contributed by atoms with Crippen molar-refractivity contribution < 1.29 is 0 Å². The van der Waals surface area contributed by atoms with Crippen LogP contribution in [0.25, 0.3) is 33.9 Å². The molecule has 2 aromatic carbocycles. The first-order chi connectivity index (χ1) is 11.8. The Balaban J connectivity index is 1.69. The molecule has 24 heavy (non-hydrogen) atoms. The van der Waals surface area contributed by atoms with Crippen molar-refractivity contribution in [3.05, 3.63) is 85.2 Å². The third kappa shape index (κ3) is 2.61. The lowest BCUT2D eigenvalue weighted by molar-refractivity contribution is 0.932. The molecule has 3 nitrogen and oxygen atoms in total. The van der Waals surface area contributed by atoms with Crippen LogP contribution in [0.5, 0.6) is 0 Å². The number of rotatable bonds is 3. The lowest BCUT2D eigenvalue weighted by Gasteiger charge is -2.07. The van der Waals surface area contributed by atoms with E-state index in [0.717, 1.165) is 33.9 Å². The number of nitrogens with zero attached hydrogens (tertiary/aromatic N) is 3. The van der Waals surface area contributed by atoms with Crippen LogP contribution in [-0.2, 0) is 7.05 Å². The van der Waals surface area contributed by atoms with Crippen LogP contribution in [0.15, 0.2) is 85.2 Å². The summed E-state index contributed by atoms with van der Waals surface area (Å²) in [4.78, 5) is 9.19. The Morgan fingerprint density at radius 3 is 1.92 bits per heavy atom. The molecule has 4 rings (SSSR count). The summed E-state index contributed by atoms with van der Waals surface area (Å²) in [6.07, 6.45) is 3.82. The van der Waals surface area contributed by atoms with Crippen LogP contribution in [0.2, 0.25) is 0 Å². The summed E-state index contributed by atoms with van der Waals surface area (Å²) in [6, 6.07) is 24.6. The number of imidazole rings is 1. The highest BCUT2D eigenvalue weighted by atomic mass is 15.1. The van der Waals surface area contributed by atoms with Gasteiger partial charge in [0.05, 0.1) is 17.6 Å². The molecule has 0 fully saturated rings. The Kier molecular flexibility index (Phi) is 3.67. The van der Waals surface area contributed by atoms with Gasteiger partial charge >= 0.3 is 0 Å². The molecule has 0 radical (unpaired) electrons. The zero-order chi connectivity index (χ0) is 16.4. The van der Waals surface area contributed by atoms with Crippen LogP contribution in [0.4, 0.5) is 0 Å². The van der Waals surface area contributed by atoms with Crippen molar-refractivity contribution in [2.75, 3.05) is 0 Å². The largest absolute Gasteiger partial charge is 0.327 e. The van der Waals surface area contributed by atoms with E-state index in [1.807, 2.05) is 55.8 Å². The van der Waals surface area contributed by atoms with Crippen molar-refractivity contribution in [2.24, 2.45) is 7.05 Å². The molecular formula is C21H17N3. The van der Waals surface area contributed by atoms with Gasteiger partial charge in [-0.1, -0.05) is 60.7 Å². The second kappa shape index (κ2) is 6.13. The molecule has 4 aromatic rings. The zero-order valence-corrected chi connectivity index (χ0v) is 13.4. The van der Waals surface area contributed by atoms with E-state index in [2.05, 4.69) is 50.9 Å². The Bertz CT molecular complexity index is 940. The van der Waals surface area contributed by atoms with Crippen LogP contribution in [-0.4, -0.2) is 14.5 Å². The molecule has 0 saturated heterocycles. The van der Waals surface area contributed by atoms with Gasteiger partial charge in [0.1, 0.15) is 5.82 Å². The molecular weight excluding hydrogens is 294 g/mol. The highest BCUT2D eigenvalue weighted by Gasteiger charge is 2.10. The quantitative estimate of drug-likeness (QED) is 0.543. The molecule has 0 spiro atoms. The van der Waals surface area contributed by atoms with E-state index < -0.39 is 0 Å². The van der Waals surface area contributed by atoms with Gasteiger partial charge < -0.3 is 4.57 Å². The van der Waals surface area contributed by atoms with Gasteiger partial charge in [-0.05, 0) is 12.1 Å². The molecule has 3 heteroatoms. The van der Waals surface area contributed by atoms with Crippen LogP contribution in [0.1, 0.15) is 0 Å². The highest BCUT2D eigenvalue weighted by molar-refractivity contribution is 5.67. The fourth-order valence-corrected chi connectivity index (χ4v) is 2.86. The van der Waals surface area contributed by atoms with Gasteiger partial charge in [-0.3, -0.25) is 4.98 Å². The number of benzene rings is 2. The SMILES string of the molecule is Cn1c(-c2ccc(-c3ccccc3)nc2)cnc1-c1ccccc1. The summed E-state index contributed by atoms with van der Waals surface area (Å²) in [7, 11) is 2.04. The number of pyridine rings is 1. The molecule has 0 aliphatic carbocycles. The minimum atomic E-state index is 0.956. The smallest absolute Gasteiger partial charge is 0.140 e. The lowest BCUT2D eigenvalue weighted by Crippen LogP contribution is -1.95. The third-order valence-electron chi connectivity index (χ3n) is 4.15. The molecule has 0 aliphatic rings. The zero-order valence-electron chi connectivity index (χ0n) is 13.4. The van der Waals surface area contributed by atoms with Gasteiger partial charge in [0, 0.05) is 29.9 Å². The van der Waals surface area contributed by atoms with Gasteiger partial charge in [0.2, 0.25) is 0 Å². The fourth-order valence-electron chi connectivity index (χ4n) is 2.86. The molecule has 0 atom stereocenters. The second-order valence-corrected chi connectivity index (χ2v) is 5.69. The van der Waals surface area contributed by atoms with E-state index in [1.54, 1.807) is 0 Å². The molecule has 0 amide bonds. The fraction of sp³-hybridized carbons (Fsp3) is 0.0476. The number of hydrogen-bond donors (Lipinski definition) is 0. The predicted molar refractivity (Wildman–Crippen MR) is 97.3 cm³/mol. The van der Waals surface area contributed by atoms with Crippen molar-refractivity contribution in [1.82, 2.24) is 14.5 Å². The van der Waals surface area contributed by atoms with Gasteiger partial charge in [-0.15, -0.1) is 0 Å². The van der Waals surface area contributed by atoms with Gasteiger partial charge in [-0.25, -0.2) is 4.98 Å².